The van der Waals surface area contributed by atoms with Gasteiger partial charge >= 0.3 is 0 Å². The molecule has 3 aliphatic rings. The Morgan fingerprint density at radius 3 is 2.52 bits per heavy atom. The fraction of sp³-hybridized carbons (Fsp3) is 0.364. The summed E-state index contributed by atoms with van der Waals surface area (Å²) in [5.74, 6) is -0.147. The number of carbonyl (C=O) groups is 1. The third-order valence-corrected chi connectivity index (χ3v) is 9.50. The van der Waals surface area contributed by atoms with Gasteiger partial charge in [-0.3, -0.25) is 9.79 Å². The first-order chi connectivity index (χ1) is 15.8. The number of thioether (sulfide) groups is 1. The number of benzene rings is 2. The zero-order valence-electron chi connectivity index (χ0n) is 17.6. The van der Waals surface area contributed by atoms with E-state index in [1.165, 1.54) is 23.9 Å². The monoisotopic (exact) mass is 508 g/mol. The van der Waals surface area contributed by atoms with E-state index in [1.807, 2.05) is 0 Å². The molecule has 11 heteroatoms. The fourth-order valence-corrected chi connectivity index (χ4v) is 8.12. The van der Waals surface area contributed by atoms with Crippen molar-refractivity contribution in [1.82, 2.24) is 4.90 Å². The molecule has 7 nitrogen and oxygen atoms in total. The number of hydrogen-bond donors (Lipinski definition) is 1. The van der Waals surface area contributed by atoms with Crippen LogP contribution in [0, 0.1) is 5.82 Å². The minimum Gasteiger partial charge on any atom is -0.368 e. The number of hydrogen-bond acceptors (Lipinski definition) is 7. The van der Waals surface area contributed by atoms with Crippen LogP contribution in [0.4, 0.5) is 15.8 Å². The lowest BCUT2D eigenvalue weighted by atomic mass is 10.1. The predicted molar refractivity (Wildman–Crippen MR) is 131 cm³/mol. The maximum absolute atomic E-state index is 13.2. The minimum absolute atomic E-state index is 0.0708. The third-order valence-electron chi connectivity index (χ3n) is 6.03. The molecule has 1 amide bonds. The lowest BCUT2D eigenvalue weighted by Crippen LogP contribution is -2.48. The average molecular weight is 509 g/mol. The Balaban J connectivity index is 1.24. The van der Waals surface area contributed by atoms with Gasteiger partial charge in [-0.2, -0.15) is 0 Å². The summed E-state index contributed by atoms with van der Waals surface area (Å²) in [7, 11) is -3.02. The molecule has 0 saturated carbocycles. The molecule has 0 radical (unpaired) electrons. The Kier molecular flexibility index (Phi) is 6.00. The SMILES string of the molecule is O=C(c1ccc(Cl)c(NC2=N[C@H]3CS(=O)(=O)C[C@@H]3S2)c1)N1CCN(c2ccc(F)cc2)CC1. The van der Waals surface area contributed by atoms with Crippen LogP contribution in [0.2, 0.25) is 5.02 Å². The molecule has 2 fully saturated rings. The molecule has 0 unspecified atom stereocenters. The highest BCUT2D eigenvalue weighted by molar-refractivity contribution is 8.15. The van der Waals surface area contributed by atoms with E-state index in [9.17, 15) is 17.6 Å². The number of amidine groups is 1. The van der Waals surface area contributed by atoms with Crippen LogP contribution in [-0.4, -0.2) is 73.4 Å². The van der Waals surface area contributed by atoms with Crippen molar-refractivity contribution in [2.45, 2.75) is 11.3 Å². The Bertz CT molecular complexity index is 1210. The van der Waals surface area contributed by atoms with Crippen molar-refractivity contribution < 1.29 is 17.6 Å². The van der Waals surface area contributed by atoms with E-state index in [4.69, 9.17) is 11.6 Å². The predicted octanol–water partition coefficient (Wildman–Crippen LogP) is 3.12. The van der Waals surface area contributed by atoms with Gasteiger partial charge in [-0.1, -0.05) is 23.4 Å². The first-order valence-electron chi connectivity index (χ1n) is 10.6. The van der Waals surface area contributed by atoms with Gasteiger partial charge in [0.25, 0.3) is 5.91 Å². The van der Waals surface area contributed by atoms with Gasteiger partial charge in [0.2, 0.25) is 0 Å². The second-order valence-corrected chi connectivity index (χ2v) is 12.1. The number of anilines is 2. The highest BCUT2D eigenvalue weighted by Gasteiger charge is 2.42. The van der Waals surface area contributed by atoms with E-state index in [0.29, 0.717) is 47.6 Å². The summed E-state index contributed by atoms with van der Waals surface area (Å²) in [6.07, 6.45) is 0. The van der Waals surface area contributed by atoms with Gasteiger partial charge in [-0.15, -0.1) is 0 Å². The van der Waals surface area contributed by atoms with E-state index in [2.05, 4.69) is 15.2 Å². The van der Waals surface area contributed by atoms with E-state index < -0.39 is 9.84 Å². The van der Waals surface area contributed by atoms with Gasteiger partial charge in [0.15, 0.2) is 15.0 Å². The quantitative estimate of drug-likeness (QED) is 0.686. The maximum Gasteiger partial charge on any atom is 0.254 e. The standard InChI is InChI=1S/C22H22ClFN4O3S2/c23-17-6-1-14(11-18(17)25-22-26-19-12-33(30,31)13-20(19)32-22)21(29)28-9-7-27(8-10-28)16-4-2-15(24)3-5-16/h1-6,11,19-20H,7-10,12-13H2,(H,25,26)/t19-,20-/m0/s1. The average Bonchev–Trinajstić information content (AvgIpc) is 3.28. The lowest BCUT2D eigenvalue weighted by Gasteiger charge is -2.36. The molecule has 3 aliphatic heterocycles. The highest BCUT2D eigenvalue weighted by atomic mass is 35.5. The van der Waals surface area contributed by atoms with Crippen LogP contribution in [0.1, 0.15) is 10.4 Å². The largest absolute Gasteiger partial charge is 0.368 e. The third kappa shape index (κ3) is 4.83. The van der Waals surface area contributed by atoms with E-state index in [1.54, 1.807) is 35.2 Å². The molecule has 0 bridgehead atoms. The number of nitrogens with one attached hydrogen (secondary N) is 1. The lowest BCUT2D eigenvalue weighted by molar-refractivity contribution is 0.0747. The number of sulfone groups is 1. The van der Waals surface area contributed by atoms with Crippen molar-refractivity contribution in [2.24, 2.45) is 4.99 Å². The van der Waals surface area contributed by atoms with E-state index >= 15 is 0 Å². The van der Waals surface area contributed by atoms with Gasteiger partial charge < -0.3 is 15.1 Å². The van der Waals surface area contributed by atoms with Crippen molar-refractivity contribution >= 4 is 55.6 Å². The van der Waals surface area contributed by atoms with E-state index in [-0.39, 0.29) is 34.5 Å². The molecule has 1 N–H and O–H groups in total. The number of amides is 1. The Hall–Kier alpha value is -2.30. The summed E-state index contributed by atoms with van der Waals surface area (Å²) in [4.78, 5) is 21.5. The molecular weight excluding hydrogens is 487 g/mol. The topological polar surface area (TPSA) is 82.1 Å². The Labute approximate surface area is 200 Å². The maximum atomic E-state index is 13.2. The summed E-state index contributed by atoms with van der Waals surface area (Å²) in [5, 5.41) is 4.19. The molecule has 2 saturated heterocycles. The number of rotatable bonds is 3. The summed E-state index contributed by atoms with van der Waals surface area (Å²) in [6.45, 7) is 2.44. The Morgan fingerprint density at radius 2 is 1.82 bits per heavy atom. The molecule has 33 heavy (non-hydrogen) atoms. The molecule has 0 aromatic heterocycles. The summed E-state index contributed by atoms with van der Waals surface area (Å²) < 4.78 is 36.7. The number of halogens is 2. The number of carbonyl (C=O) groups excluding carboxylic acids is 1. The van der Waals surface area contributed by atoms with Crippen LogP contribution >= 0.6 is 23.4 Å². The normalized spacial score (nSPS) is 23.9. The number of nitrogens with zero attached hydrogens (tertiary/aromatic N) is 3. The molecule has 2 atom stereocenters. The second kappa shape index (κ2) is 8.81. The van der Waals surface area contributed by atoms with Crippen LogP contribution in [0.25, 0.3) is 0 Å². The van der Waals surface area contributed by atoms with Gasteiger partial charge in [0.05, 0.1) is 28.3 Å². The van der Waals surface area contributed by atoms with Crippen molar-refractivity contribution in [3.63, 3.8) is 0 Å². The molecule has 0 spiro atoms. The zero-order chi connectivity index (χ0) is 23.2. The Morgan fingerprint density at radius 1 is 1.09 bits per heavy atom. The minimum atomic E-state index is -3.02. The van der Waals surface area contributed by atoms with E-state index in [0.717, 1.165) is 5.69 Å². The number of piperazine rings is 1. The van der Waals surface area contributed by atoms with Crippen LogP contribution in [-0.2, 0) is 9.84 Å². The van der Waals surface area contributed by atoms with Gasteiger partial charge in [0, 0.05) is 42.7 Å². The molecule has 0 aliphatic carbocycles. The molecule has 174 valence electrons. The van der Waals surface area contributed by atoms with Crippen molar-refractivity contribution in [3.8, 4) is 0 Å². The molecular formula is C22H22ClFN4O3S2. The molecule has 5 rings (SSSR count). The summed E-state index contributed by atoms with van der Waals surface area (Å²) in [5.41, 5.74) is 2.03. The highest BCUT2D eigenvalue weighted by Crippen LogP contribution is 2.35. The second-order valence-electron chi connectivity index (χ2n) is 8.31. The summed E-state index contributed by atoms with van der Waals surface area (Å²) in [6, 6.07) is 11.2. The number of aliphatic imine (C=N–C) groups is 1. The first kappa shape index (κ1) is 22.5. The van der Waals surface area contributed by atoms with Crippen LogP contribution in [0.15, 0.2) is 47.5 Å². The molecule has 2 aromatic rings. The smallest absolute Gasteiger partial charge is 0.254 e. The van der Waals surface area contributed by atoms with Crippen molar-refractivity contribution in [1.29, 1.82) is 0 Å². The molecule has 3 heterocycles. The van der Waals surface area contributed by atoms with Crippen molar-refractivity contribution in [2.75, 3.05) is 47.9 Å². The fourth-order valence-electron chi connectivity index (χ4n) is 4.29. The van der Waals surface area contributed by atoms with Gasteiger partial charge in [0.1, 0.15) is 5.82 Å². The van der Waals surface area contributed by atoms with Crippen LogP contribution < -0.4 is 10.2 Å². The van der Waals surface area contributed by atoms with Gasteiger partial charge in [-0.05, 0) is 42.5 Å². The first-order valence-corrected chi connectivity index (χ1v) is 13.7. The van der Waals surface area contributed by atoms with Crippen LogP contribution in [0.3, 0.4) is 0 Å². The molecule has 2 aromatic carbocycles. The van der Waals surface area contributed by atoms with Crippen LogP contribution in [0.5, 0.6) is 0 Å². The number of fused-ring (bicyclic) bond motifs is 1. The summed E-state index contributed by atoms with van der Waals surface area (Å²) >= 11 is 7.75. The van der Waals surface area contributed by atoms with Gasteiger partial charge in [-0.25, -0.2) is 12.8 Å². The van der Waals surface area contributed by atoms with Crippen molar-refractivity contribution in [3.05, 3.63) is 58.9 Å². The zero-order valence-corrected chi connectivity index (χ0v) is 20.0.